The number of aryl methyl sites for hydroxylation is 2. The van der Waals surface area contributed by atoms with Gasteiger partial charge >= 0.3 is 0 Å². The molecule has 1 atom stereocenters. The van der Waals surface area contributed by atoms with Crippen LogP contribution in [0.4, 0.5) is 17.6 Å². The molecule has 5 heterocycles. The van der Waals surface area contributed by atoms with Gasteiger partial charge in [0.1, 0.15) is 11.5 Å². The Balaban J connectivity index is 1.43. The van der Waals surface area contributed by atoms with Gasteiger partial charge in [-0.1, -0.05) is 5.16 Å². The minimum absolute atomic E-state index is 0.0496. The van der Waals surface area contributed by atoms with Gasteiger partial charge in [-0.05, 0) is 38.8 Å². The molecule has 0 aliphatic carbocycles. The summed E-state index contributed by atoms with van der Waals surface area (Å²) >= 11 is 0. The summed E-state index contributed by atoms with van der Waals surface area (Å²) in [5, 5.41) is 23.8. The van der Waals surface area contributed by atoms with Crippen LogP contribution < -0.4 is 15.0 Å². The van der Waals surface area contributed by atoms with Crippen molar-refractivity contribution in [3.63, 3.8) is 0 Å². The molecule has 11 nitrogen and oxygen atoms in total. The Hall–Kier alpha value is -3.99. The van der Waals surface area contributed by atoms with Crippen molar-refractivity contribution in [1.82, 2.24) is 30.3 Å². The van der Waals surface area contributed by atoms with E-state index in [4.69, 9.17) is 19.4 Å². The zero-order valence-electron chi connectivity index (χ0n) is 19.7. The van der Waals surface area contributed by atoms with Crippen LogP contribution in [0.2, 0.25) is 0 Å². The van der Waals surface area contributed by atoms with Crippen molar-refractivity contribution in [1.29, 1.82) is 0 Å². The molecule has 11 heteroatoms. The summed E-state index contributed by atoms with van der Waals surface area (Å²) in [5.74, 6) is 2.93. The number of nitrogens with zero attached hydrogens (tertiary/aromatic N) is 6. The van der Waals surface area contributed by atoms with E-state index in [1.807, 2.05) is 38.1 Å². The maximum Gasteiger partial charge on any atom is 0.231 e. The Morgan fingerprint density at radius 2 is 2.14 bits per heavy atom. The first-order valence-corrected chi connectivity index (χ1v) is 11.7. The maximum absolute atomic E-state index is 9.12. The van der Waals surface area contributed by atoms with E-state index in [9.17, 15) is 0 Å². The minimum Gasteiger partial charge on any atom is -0.477 e. The Kier molecular flexibility index (Phi) is 6.57. The monoisotopic (exact) mass is 476 g/mol. The standard InChI is InChI=1S/C24H28N8O3/c1-15-12-22(30-29-15)26-21-14-23(34-11-5-10-33)28-24(27-21)32-9-4-7-19(32)20-13-18(31-35-20)17-6-3-8-25-16(17)2/h3,6,8,12-14,19,33H,4-5,7,9-11H2,1-2H3,(H2,26,27,28,29,30)/t19-/m0/s1. The van der Waals surface area contributed by atoms with Crippen molar-refractivity contribution >= 4 is 17.6 Å². The number of aromatic amines is 1. The molecule has 1 saturated heterocycles. The van der Waals surface area contributed by atoms with Gasteiger partial charge < -0.3 is 24.6 Å². The second-order valence-corrected chi connectivity index (χ2v) is 8.48. The number of H-pyrrole nitrogens is 1. The highest BCUT2D eigenvalue weighted by molar-refractivity contribution is 5.62. The van der Waals surface area contributed by atoms with E-state index in [2.05, 4.69) is 35.5 Å². The number of aliphatic hydroxyl groups is 1. The van der Waals surface area contributed by atoms with Gasteiger partial charge in [-0.3, -0.25) is 10.1 Å². The van der Waals surface area contributed by atoms with Gasteiger partial charge in [0, 0.05) is 60.9 Å². The molecule has 0 aromatic carbocycles. The third-order valence-corrected chi connectivity index (χ3v) is 5.85. The zero-order chi connectivity index (χ0) is 24.2. The molecule has 4 aromatic heterocycles. The van der Waals surface area contributed by atoms with E-state index in [-0.39, 0.29) is 12.6 Å². The van der Waals surface area contributed by atoms with Gasteiger partial charge in [-0.15, -0.1) is 0 Å². The van der Waals surface area contributed by atoms with Crippen LogP contribution in [0.15, 0.2) is 41.1 Å². The molecule has 3 N–H and O–H groups in total. The molecule has 35 heavy (non-hydrogen) atoms. The minimum atomic E-state index is -0.0543. The number of aliphatic hydroxyl groups excluding tert-OH is 1. The topological polar surface area (TPSA) is 138 Å². The van der Waals surface area contributed by atoms with Crippen molar-refractivity contribution in [2.75, 3.05) is 30.0 Å². The molecule has 0 saturated carbocycles. The number of rotatable bonds is 9. The average Bonchev–Trinajstić information content (AvgIpc) is 3.60. The largest absolute Gasteiger partial charge is 0.477 e. The molecule has 182 valence electrons. The number of aromatic nitrogens is 6. The van der Waals surface area contributed by atoms with Crippen molar-refractivity contribution in [3.05, 3.63) is 53.7 Å². The molecule has 5 rings (SSSR count). The van der Waals surface area contributed by atoms with Gasteiger partial charge in [0.2, 0.25) is 11.8 Å². The van der Waals surface area contributed by atoms with Crippen LogP contribution in [0.1, 0.15) is 42.5 Å². The zero-order valence-corrected chi connectivity index (χ0v) is 19.7. The predicted molar refractivity (Wildman–Crippen MR) is 130 cm³/mol. The van der Waals surface area contributed by atoms with Crippen molar-refractivity contribution in [2.24, 2.45) is 0 Å². The van der Waals surface area contributed by atoms with Crippen LogP contribution in [0.25, 0.3) is 11.3 Å². The lowest BCUT2D eigenvalue weighted by atomic mass is 10.1. The lowest BCUT2D eigenvalue weighted by molar-refractivity contribution is 0.229. The van der Waals surface area contributed by atoms with Crippen LogP contribution in [-0.2, 0) is 0 Å². The lowest BCUT2D eigenvalue weighted by Gasteiger charge is -2.23. The molecule has 1 fully saturated rings. The highest BCUT2D eigenvalue weighted by Gasteiger charge is 2.32. The van der Waals surface area contributed by atoms with E-state index >= 15 is 0 Å². The number of ether oxygens (including phenoxy) is 1. The quantitative estimate of drug-likeness (QED) is 0.306. The summed E-state index contributed by atoms with van der Waals surface area (Å²) in [5.41, 5.74) is 3.54. The van der Waals surface area contributed by atoms with Gasteiger partial charge in [0.15, 0.2) is 11.6 Å². The second-order valence-electron chi connectivity index (χ2n) is 8.48. The first-order chi connectivity index (χ1) is 17.1. The summed E-state index contributed by atoms with van der Waals surface area (Å²) in [6, 6.07) is 9.42. The maximum atomic E-state index is 9.12. The van der Waals surface area contributed by atoms with E-state index < -0.39 is 0 Å². The molecule has 0 bridgehead atoms. The van der Waals surface area contributed by atoms with Crippen LogP contribution in [0.5, 0.6) is 5.88 Å². The van der Waals surface area contributed by atoms with Gasteiger partial charge in [0.25, 0.3) is 0 Å². The third kappa shape index (κ3) is 5.09. The highest BCUT2D eigenvalue weighted by Crippen LogP contribution is 2.37. The third-order valence-electron chi connectivity index (χ3n) is 5.85. The Morgan fingerprint density at radius 1 is 1.23 bits per heavy atom. The molecule has 4 aromatic rings. The smallest absolute Gasteiger partial charge is 0.231 e. The number of pyridine rings is 1. The summed E-state index contributed by atoms with van der Waals surface area (Å²) in [4.78, 5) is 15.9. The van der Waals surface area contributed by atoms with Crippen LogP contribution in [0.3, 0.4) is 0 Å². The summed E-state index contributed by atoms with van der Waals surface area (Å²) in [6.07, 6.45) is 4.14. The number of hydrogen-bond donors (Lipinski definition) is 3. The van der Waals surface area contributed by atoms with E-state index in [0.717, 1.165) is 47.8 Å². The molecule has 1 aliphatic heterocycles. The first kappa shape index (κ1) is 22.8. The fourth-order valence-corrected chi connectivity index (χ4v) is 4.16. The number of hydrogen-bond acceptors (Lipinski definition) is 10. The first-order valence-electron chi connectivity index (χ1n) is 11.7. The van der Waals surface area contributed by atoms with Gasteiger partial charge in [0.05, 0.1) is 12.6 Å². The molecule has 0 radical (unpaired) electrons. The van der Waals surface area contributed by atoms with Crippen molar-refractivity contribution in [2.45, 2.75) is 39.2 Å². The van der Waals surface area contributed by atoms with Crippen LogP contribution in [-0.4, -0.2) is 55.2 Å². The predicted octanol–water partition coefficient (Wildman–Crippen LogP) is 3.71. The molecule has 0 amide bonds. The normalized spacial score (nSPS) is 15.5. The average molecular weight is 477 g/mol. The highest BCUT2D eigenvalue weighted by atomic mass is 16.5. The van der Waals surface area contributed by atoms with Crippen LogP contribution in [0, 0.1) is 13.8 Å². The van der Waals surface area contributed by atoms with Crippen molar-refractivity contribution in [3.8, 4) is 17.1 Å². The Morgan fingerprint density at radius 3 is 2.94 bits per heavy atom. The SMILES string of the molecule is Cc1cc(Nc2cc(OCCCO)nc(N3CCC[C@H]3c3cc(-c4cccnc4C)no3)n2)n[nH]1. The van der Waals surface area contributed by atoms with Crippen molar-refractivity contribution < 1.29 is 14.4 Å². The molecule has 0 unspecified atom stereocenters. The van der Waals surface area contributed by atoms with E-state index in [1.165, 1.54) is 0 Å². The van der Waals surface area contributed by atoms with Gasteiger partial charge in [-0.25, -0.2) is 0 Å². The van der Waals surface area contributed by atoms with E-state index in [1.54, 1.807) is 12.3 Å². The summed E-state index contributed by atoms with van der Waals surface area (Å²) in [7, 11) is 0. The fourth-order valence-electron chi connectivity index (χ4n) is 4.16. The second kappa shape index (κ2) is 10.1. The Labute approximate surface area is 202 Å². The fraction of sp³-hybridized carbons (Fsp3) is 0.375. The van der Waals surface area contributed by atoms with Crippen LogP contribution >= 0.6 is 0 Å². The van der Waals surface area contributed by atoms with E-state index in [0.29, 0.717) is 36.5 Å². The lowest BCUT2D eigenvalue weighted by Crippen LogP contribution is -2.25. The van der Waals surface area contributed by atoms with Gasteiger partial charge in [-0.2, -0.15) is 15.1 Å². The molecular weight excluding hydrogens is 448 g/mol. The molecule has 1 aliphatic rings. The number of anilines is 3. The molecule has 0 spiro atoms. The summed E-state index contributed by atoms with van der Waals surface area (Å²) < 4.78 is 11.6. The summed E-state index contributed by atoms with van der Waals surface area (Å²) in [6.45, 7) is 5.06. The number of nitrogens with one attached hydrogen (secondary N) is 2. The Bertz CT molecular complexity index is 1290. The molecular formula is C24H28N8O3.